The second kappa shape index (κ2) is 17.7. The number of aromatic hydroxyl groups is 1. The second-order valence-electron chi connectivity index (χ2n) is 19.0. The number of phenols is 1. The first-order chi connectivity index (χ1) is 33.9. The van der Waals surface area contributed by atoms with Gasteiger partial charge < -0.3 is 62.3 Å². The van der Waals surface area contributed by atoms with Crippen LogP contribution < -0.4 is 42.6 Å². The molecule has 0 saturated carbocycles. The van der Waals surface area contributed by atoms with Gasteiger partial charge in [0.25, 0.3) is 10.1 Å². The molecular weight excluding hydrogens is 937 g/mol. The third-order valence-corrected chi connectivity index (χ3v) is 15.1. The summed E-state index contributed by atoms with van der Waals surface area (Å²) in [6, 6.07) is 21.0. The predicted octanol–water partition coefficient (Wildman–Crippen LogP) is 8.31. The van der Waals surface area contributed by atoms with E-state index in [1.807, 2.05) is 65.0 Å². The number of aliphatic hydroxyl groups excluding tert-OH is 1. The van der Waals surface area contributed by atoms with Crippen LogP contribution in [-0.4, -0.2) is 103 Å². The predicted molar refractivity (Wildman–Crippen MR) is 261 cm³/mol. The second-order valence-corrected chi connectivity index (χ2v) is 20.5. The monoisotopic (exact) mass is 992 g/mol. The summed E-state index contributed by atoms with van der Waals surface area (Å²) in [7, 11) is 3.82. The first-order valence-corrected chi connectivity index (χ1v) is 24.5. The van der Waals surface area contributed by atoms with Crippen molar-refractivity contribution in [3.63, 3.8) is 0 Å². The highest BCUT2D eigenvalue weighted by molar-refractivity contribution is 7.86. The van der Waals surface area contributed by atoms with Gasteiger partial charge in [-0.1, -0.05) is 17.7 Å². The fourth-order valence-corrected chi connectivity index (χ4v) is 11.1. The van der Waals surface area contributed by atoms with Crippen LogP contribution in [0.5, 0.6) is 57.5 Å². The minimum absolute atomic E-state index is 0.0124. The summed E-state index contributed by atoms with van der Waals surface area (Å²) in [5.41, 5.74) is 5.49. The molecule has 16 nitrogen and oxygen atoms in total. The average molecular weight is 993 g/mol. The fourth-order valence-electron chi connectivity index (χ4n) is 9.87. The maximum Gasteiger partial charge on any atom is 0.297 e. The molecule has 5 aromatic rings. The quantitative estimate of drug-likeness (QED) is 0.141. The number of rotatable bonds is 8. The van der Waals surface area contributed by atoms with Gasteiger partial charge in [0.05, 0.1) is 57.7 Å². The molecule has 0 fully saturated rings. The summed E-state index contributed by atoms with van der Waals surface area (Å²) >= 11 is 0. The molecule has 0 amide bonds. The number of fused-ring (bicyclic) bond motifs is 12. The van der Waals surface area contributed by atoms with Gasteiger partial charge in [-0.05, 0) is 83.1 Å². The van der Waals surface area contributed by atoms with Crippen molar-refractivity contribution < 1.29 is 74.9 Å². The van der Waals surface area contributed by atoms with Crippen molar-refractivity contribution in [2.24, 2.45) is 0 Å². The molecule has 2 N–H and O–H groups in total. The molecule has 71 heavy (non-hydrogen) atoms. The van der Waals surface area contributed by atoms with Gasteiger partial charge in [0, 0.05) is 58.4 Å². The van der Waals surface area contributed by atoms with E-state index in [2.05, 4.69) is 0 Å². The Kier molecular flexibility index (Phi) is 11.9. The number of ether oxygens (including phenoxy) is 11. The Labute approximate surface area is 412 Å². The van der Waals surface area contributed by atoms with Crippen molar-refractivity contribution in [1.29, 1.82) is 0 Å². The topological polar surface area (TPSA) is 185 Å². The van der Waals surface area contributed by atoms with Gasteiger partial charge in [0.1, 0.15) is 76.5 Å². The number of hydrogen-bond acceptors (Lipinski definition) is 16. The Morgan fingerprint density at radius 2 is 1.07 bits per heavy atom. The average Bonchev–Trinajstić information content (AvgIpc) is 3.34. The van der Waals surface area contributed by atoms with Crippen LogP contribution in [0.4, 0.5) is 0 Å². The largest absolute Gasteiger partial charge is 0.504 e. The van der Waals surface area contributed by atoms with Gasteiger partial charge >= 0.3 is 0 Å². The summed E-state index contributed by atoms with van der Waals surface area (Å²) in [4.78, 5) is 0.0929. The standard InChI is InChI=1S/C31H32O9S.C23H24O7/c1-17-7-9-18(10-8-17)41(32,33)40-27-14-21-22(39-31(27,2)3)12-11-19-29(21)38-26-16-37-23-15-25(35-5)24(34-4)13-20(23)28(26)30(19)36-6;1-23(2)19(25)8-13-15(30-23)6-5-11-21(13)29-18-10-28-16-9-17(26-3)14(24)7-12(16)20(18)22(11)27-4/h7-13,15,26-27H,14,16H2,1-6H3;5-7,9,18-19,24-25H,8,10H2,1-4H3/t26-,27?;18-,19?/m11/s1. The number of hydrogen-bond donors (Lipinski definition) is 2. The number of aryl methyl sites for hydroxylation is 1. The molecule has 0 aliphatic carbocycles. The number of phenolic OH excluding ortho intramolecular Hbond substituents is 1. The Morgan fingerprint density at radius 1 is 0.577 bits per heavy atom. The van der Waals surface area contributed by atoms with Crippen LogP contribution in [0, 0.1) is 6.92 Å². The third kappa shape index (κ3) is 8.13. The zero-order valence-corrected chi connectivity index (χ0v) is 41.9. The highest BCUT2D eigenvalue weighted by atomic mass is 32.2. The molecule has 17 heteroatoms. The Bertz CT molecular complexity index is 3140. The van der Waals surface area contributed by atoms with Crippen LogP contribution in [0.2, 0.25) is 0 Å². The van der Waals surface area contributed by atoms with Crippen molar-refractivity contribution in [1.82, 2.24) is 0 Å². The summed E-state index contributed by atoms with van der Waals surface area (Å²) < 4.78 is 97.6. The molecule has 374 valence electrons. The molecule has 6 aliphatic heterocycles. The van der Waals surface area contributed by atoms with E-state index in [1.165, 1.54) is 7.11 Å². The zero-order chi connectivity index (χ0) is 50.3. The van der Waals surface area contributed by atoms with E-state index in [-0.39, 0.29) is 30.3 Å². The molecule has 0 saturated heterocycles. The normalized spacial score (nSPS) is 21.4. The Balaban J connectivity index is 0.000000172. The van der Waals surface area contributed by atoms with E-state index in [0.717, 1.165) is 39.0 Å². The number of benzene rings is 5. The van der Waals surface area contributed by atoms with Gasteiger partial charge in [-0.25, -0.2) is 0 Å². The fraction of sp³-hybridized carbons (Fsp3) is 0.370. The maximum atomic E-state index is 13.2. The van der Waals surface area contributed by atoms with Gasteiger partial charge in [0.2, 0.25) is 0 Å². The lowest BCUT2D eigenvalue weighted by atomic mass is 9.86. The highest BCUT2D eigenvalue weighted by Gasteiger charge is 2.46. The SMILES string of the molecule is COC1=C2c3cc(O)c(OC)cc3OC[C@H]2Oc2c1ccc1c2CC(O)C(C)(C)O1.COC1=C2c3cc(OC)c(OC)cc3OC[C@H]2Oc2c1ccc1c2CC(OS(=O)(=O)c2ccc(C)cc2)C(C)(C)O1. The Hall–Kier alpha value is -6.95. The van der Waals surface area contributed by atoms with E-state index in [9.17, 15) is 18.6 Å². The third-order valence-electron chi connectivity index (χ3n) is 13.8. The minimum atomic E-state index is -4.05. The lowest BCUT2D eigenvalue weighted by molar-refractivity contribution is -0.0421. The molecule has 6 heterocycles. The molecular formula is C54H56O16S. The van der Waals surface area contributed by atoms with E-state index in [0.29, 0.717) is 80.8 Å². The van der Waals surface area contributed by atoms with Crippen molar-refractivity contribution in [2.75, 3.05) is 48.8 Å². The van der Waals surface area contributed by atoms with Gasteiger partial charge in [-0.15, -0.1) is 0 Å². The number of aliphatic hydroxyl groups is 1. The molecule has 6 aliphatic rings. The van der Waals surface area contributed by atoms with Crippen LogP contribution >= 0.6 is 0 Å². The summed E-state index contributed by atoms with van der Waals surface area (Å²) in [6.45, 7) is 9.78. The number of methoxy groups -OCH3 is 5. The summed E-state index contributed by atoms with van der Waals surface area (Å²) in [5, 5.41) is 20.9. The molecule has 0 radical (unpaired) electrons. The van der Waals surface area contributed by atoms with Gasteiger partial charge in [-0.3, -0.25) is 4.18 Å². The molecule has 2 unspecified atom stereocenters. The lowest BCUT2D eigenvalue weighted by Crippen LogP contribution is -2.49. The van der Waals surface area contributed by atoms with Crippen molar-refractivity contribution in [2.45, 2.75) is 88.0 Å². The highest BCUT2D eigenvalue weighted by Crippen LogP contribution is 2.54. The summed E-state index contributed by atoms with van der Waals surface area (Å²) in [5.74, 6) is 6.46. The maximum absolute atomic E-state index is 13.2. The first-order valence-electron chi connectivity index (χ1n) is 23.1. The first kappa shape index (κ1) is 47.7. The van der Waals surface area contributed by atoms with Gasteiger partial charge in [-0.2, -0.15) is 8.42 Å². The van der Waals surface area contributed by atoms with Crippen LogP contribution in [-0.2, 0) is 36.6 Å². The van der Waals surface area contributed by atoms with Crippen LogP contribution in [0.1, 0.15) is 66.6 Å². The molecule has 4 atom stereocenters. The minimum Gasteiger partial charge on any atom is -0.504 e. The van der Waals surface area contributed by atoms with Gasteiger partial charge in [0.15, 0.2) is 35.2 Å². The van der Waals surface area contributed by atoms with Crippen LogP contribution in [0.25, 0.3) is 22.7 Å². The molecule has 0 spiro atoms. The molecule has 11 rings (SSSR count). The van der Waals surface area contributed by atoms with Crippen molar-refractivity contribution in [3.05, 3.63) is 112 Å². The van der Waals surface area contributed by atoms with Crippen LogP contribution in [0.3, 0.4) is 0 Å². The van der Waals surface area contributed by atoms with Crippen molar-refractivity contribution >= 4 is 32.8 Å². The zero-order valence-electron chi connectivity index (χ0n) is 41.1. The van der Waals surface area contributed by atoms with E-state index in [1.54, 1.807) is 70.9 Å². The molecule has 0 aromatic heterocycles. The van der Waals surface area contributed by atoms with E-state index >= 15 is 0 Å². The van der Waals surface area contributed by atoms with E-state index < -0.39 is 45.7 Å². The summed E-state index contributed by atoms with van der Waals surface area (Å²) in [6.07, 6.45) is -1.72. The van der Waals surface area contributed by atoms with E-state index in [4.69, 9.17) is 56.3 Å². The van der Waals surface area contributed by atoms with Crippen LogP contribution in [0.15, 0.2) is 77.7 Å². The lowest BCUT2D eigenvalue weighted by Gasteiger charge is -2.41. The van der Waals surface area contributed by atoms with Crippen molar-refractivity contribution in [3.8, 4) is 57.5 Å². The Morgan fingerprint density at radius 3 is 1.61 bits per heavy atom. The molecule has 0 bridgehead atoms. The molecule has 5 aromatic carbocycles. The smallest absolute Gasteiger partial charge is 0.297 e.